The largest absolute Gasteiger partial charge is 0.465 e. The molecular formula is C19H22F2N2O11. The van der Waals surface area contributed by atoms with Crippen LogP contribution in [0, 0.1) is 12.3 Å². The van der Waals surface area contributed by atoms with E-state index >= 15 is 4.39 Å². The molecule has 15 heteroatoms. The maximum atomic E-state index is 15.4. The number of alkyl carbamates (subject to hydrolysis) is 2. The van der Waals surface area contributed by atoms with Gasteiger partial charge in [0.1, 0.15) is 18.8 Å². The maximum absolute atomic E-state index is 15.4. The highest BCUT2D eigenvalue weighted by molar-refractivity contribution is 5.80. The second-order valence-electron chi connectivity index (χ2n) is 7.04. The standard InChI is InChI=1S/C19H22F2N2O11/c1-5-6-22-17(27)32-12(10(31-9(3)25)7-30-8(2)24)13-11-14(33-18(28)23-11)15(20)19(21,34-13)16(26)29-4/h1,10-15H,6-7H2,2-4H3,(H,22,27)(H,23,28)/t10-,11?,12-,13?,14?,15?,19?/m1/s1. The molecule has 0 aromatic heterocycles. The van der Waals surface area contributed by atoms with Gasteiger partial charge in [0.2, 0.25) is 6.17 Å². The number of fused-ring (bicyclic) bond motifs is 1. The fraction of sp³-hybridized carbons (Fsp3) is 0.632. The van der Waals surface area contributed by atoms with Crippen molar-refractivity contribution in [3.05, 3.63) is 0 Å². The monoisotopic (exact) mass is 492 g/mol. The van der Waals surface area contributed by atoms with Gasteiger partial charge in [0.25, 0.3) is 0 Å². The second kappa shape index (κ2) is 11.0. The van der Waals surface area contributed by atoms with Crippen molar-refractivity contribution >= 4 is 30.1 Å². The van der Waals surface area contributed by atoms with E-state index in [1.54, 1.807) is 0 Å². The summed E-state index contributed by atoms with van der Waals surface area (Å²) in [4.78, 5) is 59.1. The van der Waals surface area contributed by atoms with E-state index in [9.17, 15) is 28.4 Å². The van der Waals surface area contributed by atoms with Crippen molar-refractivity contribution in [3.63, 3.8) is 0 Å². The number of hydrogen-bond acceptors (Lipinski definition) is 11. The van der Waals surface area contributed by atoms with Gasteiger partial charge in [0, 0.05) is 13.8 Å². The fourth-order valence-corrected chi connectivity index (χ4v) is 3.33. The van der Waals surface area contributed by atoms with Crippen molar-refractivity contribution in [1.82, 2.24) is 10.6 Å². The van der Waals surface area contributed by atoms with Gasteiger partial charge < -0.3 is 39.1 Å². The molecule has 13 nitrogen and oxygen atoms in total. The Labute approximate surface area is 191 Å². The predicted molar refractivity (Wildman–Crippen MR) is 102 cm³/mol. The molecule has 0 radical (unpaired) electrons. The zero-order chi connectivity index (χ0) is 25.6. The number of terminal acetylenes is 1. The summed E-state index contributed by atoms with van der Waals surface area (Å²) in [5.74, 6) is -5.31. The molecule has 0 aromatic carbocycles. The highest BCUT2D eigenvalue weighted by Gasteiger charge is 2.67. The molecule has 2 N–H and O–H groups in total. The van der Waals surface area contributed by atoms with Crippen LogP contribution in [0.5, 0.6) is 0 Å². The van der Waals surface area contributed by atoms with Crippen LogP contribution in [-0.2, 0) is 42.8 Å². The van der Waals surface area contributed by atoms with Crippen LogP contribution in [0.15, 0.2) is 0 Å². The number of rotatable bonds is 8. The third-order valence-corrected chi connectivity index (χ3v) is 4.69. The lowest BCUT2D eigenvalue weighted by Crippen LogP contribution is -2.69. The molecule has 2 rings (SSSR count). The van der Waals surface area contributed by atoms with E-state index in [0.717, 1.165) is 21.0 Å². The normalized spacial score (nSPS) is 29.1. The number of methoxy groups -OCH3 is 1. The Bertz CT molecular complexity index is 879. The predicted octanol–water partition coefficient (Wildman–Crippen LogP) is -0.738. The number of ether oxygens (including phenoxy) is 6. The van der Waals surface area contributed by atoms with E-state index in [-0.39, 0.29) is 6.54 Å². The first-order valence-electron chi connectivity index (χ1n) is 9.69. The number of nitrogens with one attached hydrogen (secondary N) is 2. The van der Waals surface area contributed by atoms with Gasteiger partial charge in [-0.15, -0.1) is 6.42 Å². The van der Waals surface area contributed by atoms with Gasteiger partial charge in [-0.1, -0.05) is 5.92 Å². The van der Waals surface area contributed by atoms with Gasteiger partial charge in [0.15, 0.2) is 18.3 Å². The van der Waals surface area contributed by atoms with Crippen molar-refractivity contribution in [1.29, 1.82) is 0 Å². The molecule has 2 amide bonds. The lowest BCUT2D eigenvalue weighted by atomic mass is 9.88. The Balaban J connectivity index is 2.53. The van der Waals surface area contributed by atoms with E-state index in [4.69, 9.17) is 30.1 Å². The first kappa shape index (κ1) is 26.6. The molecule has 0 aliphatic carbocycles. The van der Waals surface area contributed by atoms with Crippen LogP contribution in [0.4, 0.5) is 18.4 Å². The summed E-state index contributed by atoms with van der Waals surface area (Å²) in [5.41, 5.74) is 0. The average molecular weight is 492 g/mol. The molecule has 2 aliphatic rings. The van der Waals surface area contributed by atoms with E-state index in [1.165, 1.54) is 0 Å². The zero-order valence-corrected chi connectivity index (χ0v) is 18.2. The van der Waals surface area contributed by atoms with Crippen molar-refractivity contribution in [3.8, 4) is 12.3 Å². The van der Waals surface area contributed by atoms with Crippen molar-refractivity contribution in [2.45, 2.75) is 56.3 Å². The average Bonchev–Trinajstić information content (AvgIpc) is 3.17. The highest BCUT2D eigenvalue weighted by atomic mass is 19.2. The first-order valence-corrected chi connectivity index (χ1v) is 9.69. The summed E-state index contributed by atoms with van der Waals surface area (Å²) < 4.78 is 59.5. The van der Waals surface area contributed by atoms with E-state index in [2.05, 4.69) is 21.3 Å². The summed E-state index contributed by atoms with van der Waals surface area (Å²) in [6, 6.07) is -1.54. The minimum absolute atomic E-state index is 0.313. The van der Waals surface area contributed by atoms with E-state index in [0.29, 0.717) is 0 Å². The van der Waals surface area contributed by atoms with Crippen LogP contribution in [0.3, 0.4) is 0 Å². The van der Waals surface area contributed by atoms with Gasteiger partial charge in [-0.2, -0.15) is 4.39 Å². The van der Waals surface area contributed by atoms with Gasteiger partial charge in [-0.25, -0.2) is 18.8 Å². The molecule has 2 fully saturated rings. The topological polar surface area (TPSA) is 165 Å². The summed E-state index contributed by atoms with van der Waals surface area (Å²) >= 11 is 0. The molecule has 2 aliphatic heterocycles. The first-order chi connectivity index (χ1) is 15.9. The SMILES string of the molecule is C#CCNC(=O)O[C@@H](C1OC(F)(C(=O)OC)C(F)C2OC(=O)NC21)[C@@H](COC(C)=O)OC(C)=O. The summed E-state index contributed by atoms with van der Waals surface area (Å²) in [7, 11) is 0.753. The third kappa shape index (κ3) is 5.81. The molecule has 2 heterocycles. The zero-order valence-electron chi connectivity index (χ0n) is 18.2. The maximum Gasteiger partial charge on any atom is 0.408 e. The summed E-state index contributed by atoms with van der Waals surface area (Å²) in [5, 5.41) is 4.29. The fourth-order valence-electron chi connectivity index (χ4n) is 3.33. The molecule has 0 aromatic rings. The van der Waals surface area contributed by atoms with Crippen molar-refractivity contribution in [2.75, 3.05) is 20.3 Å². The highest BCUT2D eigenvalue weighted by Crippen LogP contribution is 2.40. The molecule has 34 heavy (non-hydrogen) atoms. The van der Waals surface area contributed by atoms with Crippen LogP contribution in [-0.4, -0.2) is 92.8 Å². The Morgan fingerprint density at radius 1 is 1.26 bits per heavy atom. The smallest absolute Gasteiger partial charge is 0.408 e. The minimum atomic E-state index is -3.81. The van der Waals surface area contributed by atoms with E-state index < -0.39 is 79.2 Å². The van der Waals surface area contributed by atoms with Crippen LogP contribution >= 0.6 is 0 Å². The molecule has 0 saturated carbocycles. The third-order valence-electron chi connectivity index (χ3n) is 4.69. The van der Waals surface area contributed by atoms with Crippen molar-refractivity contribution in [2.24, 2.45) is 0 Å². The molecule has 2 saturated heterocycles. The number of amides is 2. The molecule has 188 valence electrons. The molecule has 0 spiro atoms. The Morgan fingerprint density at radius 2 is 1.94 bits per heavy atom. The number of carbonyl (C=O) groups is 5. The Morgan fingerprint density at radius 3 is 2.50 bits per heavy atom. The van der Waals surface area contributed by atoms with Gasteiger partial charge >= 0.3 is 35.9 Å². The number of alkyl halides is 2. The molecular weight excluding hydrogens is 470 g/mol. The second-order valence-corrected chi connectivity index (χ2v) is 7.04. The van der Waals surface area contributed by atoms with Gasteiger partial charge in [-0.3, -0.25) is 9.59 Å². The molecule has 5 unspecified atom stereocenters. The van der Waals surface area contributed by atoms with Crippen LogP contribution < -0.4 is 10.6 Å². The quantitative estimate of drug-likeness (QED) is 0.249. The lowest BCUT2D eigenvalue weighted by Gasteiger charge is -2.44. The summed E-state index contributed by atoms with van der Waals surface area (Å²) in [6.45, 7) is 0.945. The van der Waals surface area contributed by atoms with E-state index in [1.807, 2.05) is 0 Å². The van der Waals surface area contributed by atoms with Gasteiger partial charge in [-0.05, 0) is 0 Å². The minimum Gasteiger partial charge on any atom is -0.465 e. The molecule has 7 atom stereocenters. The number of halogens is 2. The van der Waals surface area contributed by atoms with Crippen LogP contribution in [0.2, 0.25) is 0 Å². The Hall–Kier alpha value is -3.67. The van der Waals surface area contributed by atoms with Crippen molar-refractivity contribution < 1.29 is 61.2 Å². The van der Waals surface area contributed by atoms with Crippen LogP contribution in [0.25, 0.3) is 0 Å². The lowest BCUT2D eigenvalue weighted by molar-refractivity contribution is -0.287. The number of carbonyl (C=O) groups excluding carboxylic acids is 5. The molecule has 0 bridgehead atoms. The number of esters is 3. The van der Waals surface area contributed by atoms with Gasteiger partial charge in [0.05, 0.1) is 13.7 Å². The number of hydrogen-bond donors (Lipinski definition) is 2. The Kier molecular flexibility index (Phi) is 8.57. The summed E-state index contributed by atoms with van der Waals surface area (Å²) in [6.07, 6.45) is -7.61. The van der Waals surface area contributed by atoms with Crippen LogP contribution in [0.1, 0.15) is 13.8 Å².